The van der Waals surface area contributed by atoms with Gasteiger partial charge < -0.3 is 20.8 Å². The highest BCUT2D eigenvalue weighted by Gasteiger charge is 2.19. The molecule has 1 aromatic carbocycles. The number of rotatable bonds is 7. The summed E-state index contributed by atoms with van der Waals surface area (Å²) in [6.07, 6.45) is 0.343. The molecule has 0 fully saturated rings. The molecule has 0 saturated carbocycles. The second kappa shape index (κ2) is 7.13. The highest BCUT2D eigenvalue weighted by atomic mass is 16.4. The fourth-order valence-electron chi connectivity index (χ4n) is 1.72. The molecule has 0 aliphatic carbocycles. The minimum Gasteiger partial charge on any atom is -0.480 e. The van der Waals surface area contributed by atoms with Gasteiger partial charge in [0.25, 0.3) is 0 Å². The zero-order chi connectivity index (χ0) is 15.1. The van der Waals surface area contributed by atoms with E-state index in [0.29, 0.717) is 12.1 Å². The molecule has 0 saturated heterocycles. The molecule has 0 heterocycles. The number of nitrogen functional groups attached to an aromatic ring is 1. The van der Waals surface area contributed by atoms with Gasteiger partial charge in [-0.25, -0.2) is 0 Å². The van der Waals surface area contributed by atoms with Crippen LogP contribution in [0.2, 0.25) is 0 Å². The van der Waals surface area contributed by atoms with Gasteiger partial charge in [0.15, 0.2) is 0 Å². The first kappa shape index (κ1) is 15.5. The maximum Gasteiger partial charge on any atom is 0.323 e. The summed E-state index contributed by atoms with van der Waals surface area (Å²) in [5, 5.41) is 17.3. The first-order valence-electron chi connectivity index (χ1n) is 5.95. The summed E-state index contributed by atoms with van der Waals surface area (Å²) in [6, 6.07) is 7.01. The third-order valence-corrected chi connectivity index (χ3v) is 2.67. The first-order valence-corrected chi connectivity index (χ1v) is 5.95. The molecule has 0 atom stereocenters. The average Bonchev–Trinajstić information content (AvgIpc) is 2.35. The van der Waals surface area contributed by atoms with Gasteiger partial charge in [-0.2, -0.15) is 0 Å². The monoisotopic (exact) mass is 280 g/mol. The number of anilines is 1. The van der Waals surface area contributed by atoms with E-state index in [-0.39, 0.29) is 6.42 Å². The van der Waals surface area contributed by atoms with E-state index in [1.54, 1.807) is 24.3 Å². The number of benzene rings is 1. The number of carboxylic acids is 2. The molecule has 20 heavy (non-hydrogen) atoms. The van der Waals surface area contributed by atoms with E-state index in [9.17, 15) is 14.4 Å². The van der Waals surface area contributed by atoms with Gasteiger partial charge in [-0.3, -0.25) is 14.4 Å². The number of hydrogen-bond acceptors (Lipinski definition) is 4. The van der Waals surface area contributed by atoms with Crippen molar-refractivity contribution >= 4 is 23.5 Å². The molecule has 0 bridgehead atoms. The Morgan fingerprint density at radius 3 is 2.10 bits per heavy atom. The number of carbonyl (C=O) groups is 3. The lowest BCUT2D eigenvalue weighted by Gasteiger charge is -2.18. The summed E-state index contributed by atoms with van der Waals surface area (Å²) in [5.74, 6) is -3.03. The fourth-order valence-corrected chi connectivity index (χ4v) is 1.72. The van der Waals surface area contributed by atoms with Gasteiger partial charge in [0.05, 0.1) is 0 Å². The number of nitrogens with two attached hydrogens (primary N) is 1. The van der Waals surface area contributed by atoms with Gasteiger partial charge in [-0.1, -0.05) is 18.2 Å². The van der Waals surface area contributed by atoms with Crippen molar-refractivity contribution in [1.82, 2.24) is 4.90 Å². The van der Waals surface area contributed by atoms with Gasteiger partial charge in [-0.05, 0) is 18.1 Å². The van der Waals surface area contributed by atoms with Gasteiger partial charge >= 0.3 is 11.9 Å². The molecule has 7 heteroatoms. The summed E-state index contributed by atoms with van der Waals surface area (Å²) in [7, 11) is 0. The van der Waals surface area contributed by atoms with E-state index >= 15 is 0 Å². The normalized spacial score (nSPS) is 10.0. The third kappa shape index (κ3) is 4.97. The zero-order valence-corrected chi connectivity index (χ0v) is 10.8. The standard InChI is InChI=1S/C13H16N2O5/c14-10-4-2-1-3-9(10)5-6-11(16)15(7-12(17)18)8-13(19)20/h1-4H,5-8,14H2,(H,17,18)(H,19,20). The van der Waals surface area contributed by atoms with Gasteiger partial charge in [0.1, 0.15) is 13.1 Å². The molecule has 0 aliphatic heterocycles. The van der Waals surface area contributed by atoms with Crippen LogP contribution in [-0.4, -0.2) is 46.0 Å². The predicted molar refractivity (Wildman–Crippen MR) is 71.0 cm³/mol. The highest BCUT2D eigenvalue weighted by Crippen LogP contribution is 2.13. The van der Waals surface area contributed by atoms with Crippen LogP contribution in [-0.2, 0) is 20.8 Å². The largest absolute Gasteiger partial charge is 0.480 e. The van der Waals surface area contributed by atoms with E-state index in [4.69, 9.17) is 15.9 Å². The second-order valence-corrected chi connectivity index (χ2v) is 4.24. The van der Waals surface area contributed by atoms with Crippen LogP contribution < -0.4 is 5.73 Å². The molecular weight excluding hydrogens is 264 g/mol. The van der Waals surface area contributed by atoms with E-state index < -0.39 is 30.9 Å². The smallest absolute Gasteiger partial charge is 0.323 e. The Balaban J connectivity index is 2.64. The summed E-state index contributed by atoms with van der Waals surface area (Å²) in [6.45, 7) is -1.26. The van der Waals surface area contributed by atoms with Crippen molar-refractivity contribution in [3.8, 4) is 0 Å². The molecule has 0 spiro atoms. The third-order valence-electron chi connectivity index (χ3n) is 2.67. The van der Waals surface area contributed by atoms with Crippen LogP contribution in [0.3, 0.4) is 0 Å². The minimum atomic E-state index is -1.25. The summed E-state index contributed by atoms with van der Waals surface area (Å²) >= 11 is 0. The molecule has 0 radical (unpaired) electrons. The summed E-state index contributed by atoms with van der Waals surface area (Å²) in [4.78, 5) is 33.9. The molecular formula is C13H16N2O5. The Bertz CT molecular complexity index is 499. The van der Waals surface area contributed by atoms with Gasteiger partial charge in [-0.15, -0.1) is 0 Å². The lowest BCUT2D eigenvalue weighted by Crippen LogP contribution is -2.39. The zero-order valence-electron chi connectivity index (χ0n) is 10.8. The lowest BCUT2D eigenvalue weighted by molar-refractivity contribution is -0.149. The van der Waals surface area contributed by atoms with Crippen molar-refractivity contribution in [3.05, 3.63) is 29.8 Å². The number of carbonyl (C=O) groups excluding carboxylic acids is 1. The van der Waals surface area contributed by atoms with Gasteiger partial charge in [0.2, 0.25) is 5.91 Å². The van der Waals surface area contributed by atoms with Crippen LogP contribution in [0, 0.1) is 0 Å². The average molecular weight is 280 g/mol. The highest BCUT2D eigenvalue weighted by molar-refractivity contribution is 5.85. The fraction of sp³-hybridized carbons (Fsp3) is 0.308. The van der Waals surface area contributed by atoms with Crippen molar-refractivity contribution in [2.75, 3.05) is 18.8 Å². The van der Waals surface area contributed by atoms with Crippen LogP contribution in [0.25, 0.3) is 0 Å². The molecule has 7 nitrogen and oxygen atoms in total. The van der Waals surface area contributed by atoms with Crippen molar-refractivity contribution in [3.63, 3.8) is 0 Å². The maximum absolute atomic E-state index is 11.9. The molecule has 1 aromatic rings. The number of amides is 1. The molecule has 0 aromatic heterocycles. The van der Waals surface area contributed by atoms with Crippen molar-refractivity contribution < 1.29 is 24.6 Å². The Kier molecular flexibility index (Phi) is 5.52. The second-order valence-electron chi connectivity index (χ2n) is 4.24. The molecule has 1 rings (SSSR count). The quantitative estimate of drug-likeness (QED) is 0.613. The Morgan fingerprint density at radius 2 is 1.60 bits per heavy atom. The number of nitrogens with zero attached hydrogens (tertiary/aromatic N) is 1. The number of para-hydroxylation sites is 1. The Labute approximate surface area is 115 Å². The Morgan fingerprint density at radius 1 is 1.05 bits per heavy atom. The van der Waals surface area contributed by atoms with Crippen LogP contribution in [0.4, 0.5) is 5.69 Å². The van der Waals surface area contributed by atoms with E-state index in [2.05, 4.69) is 0 Å². The van der Waals surface area contributed by atoms with Crippen LogP contribution in [0.1, 0.15) is 12.0 Å². The molecule has 0 aliphatic rings. The maximum atomic E-state index is 11.9. The number of hydrogen-bond donors (Lipinski definition) is 3. The number of aliphatic carboxylic acids is 2. The van der Waals surface area contributed by atoms with E-state index in [0.717, 1.165) is 10.5 Å². The number of carboxylic acid groups (broad SMARTS) is 2. The molecule has 4 N–H and O–H groups in total. The van der Waals surface area contributed by atoms with Crippen molar-refractivity contribution in [2.24, 2.45) is 0 Å². The van der Waals surface area contributed by atoms with E-state index in [1.165, 1.54) is 0 Å². The summed E-state index contributed by atoms with van der Waals surface area (Å²) in [5.41, 5.74) is 7.05. The van der Waals surface area contributed by atoms with Crippen molar-refractivity contribution in [2.45, 2.75) is 12.8 Å². The summed E-state index contributed by atoms with van der Waals surface area (Å²) < 4.78 is 0. The van der Waals surface area contributed by atoms with Crippen LogP contribution in [0.5, 0.6) is 0 Å². The van der Waals surface area contributed by atoms with Gasteiger partial charge in [0, 0.05) is 12.1 Å². The lowest BCUT2D eigenvalue weighted by atomic mass is 10.1. The molecule has 1 amide bonds. The number of aryl methyl sites for hydroxylation is 1. The molecule has 0 unspecified atom stereocenters. The SMILES string of the molecule is Nc1ccccc1CCC(=O)N(CC(=O)O)CC(=O)O. The topological polar surface area (TPSA) is 121 Å². The first-order chi connectivity index (χ1) is 9.40. The van der Waals surface area contributed by atoms with E-state index in [1.807, 2.05) is 0 Å². The minimum absolute atomic E-state index is 0.00870. The molecule has 108 valence electrons. The van der Waals surface area contributed by atoms with Crippen LogP contribution >= 0.6 is 0 Å². The van der Waals surface area contributed by atoms with Crippen molar-refractivity contribution in [1.29, 1.82) is 0 Å². The Hall–Kier alpha value is -2.57. The van der Waals surface area contributed by atoms with Crippen LogP contribution in [0.15, 0.2) is 24.3 Å². The predicted octanol–water partition coefficient (Wildman–Crippen LogP) is 0.199.